The van der Waals surface area contributed by atoms with Crippen LogP contribution in [0.1, 0.15) is 28.8 Å². The number of hydrogen-bond donors (Lipinski definition) is 2. The van der Waals surface area contributed by atoms with Gasteiger partial charge in [0.05, 0.1) is 5.56 Å². The lowest BCUT2D eigenvalue weighted by molar-refractivity contribution is -0.140. The molecule has 3 nitrogen and oxygen atoms in total. The van der Waals surface area contributed by atoms with Crippen LogP contribution in [-0.4, -0.2) is 18.5 Å². The van der Waals surface area contributed by atoms with Gasteiger partial charge in [-0.05, 0) is 37.0 Å². The molecule has 118 valence electrons. The number of alkyl halides is 3. The molecule has 1 aromatic carbocycles. The normalized spacial score (nSPS) is 16.0. The Bertz CT molecular complexity index is 517. The molecular formula is C13H15ClF4N2O. The summed E-state index contributed by atoms with van der Waals surface area (Å²) in [5, 5.41) is 2.46. The Balaban J connectivity index is 0.00000220. The van der Waals surface area contributed by atoms with Crippen molar-refractivity contribution >= 4 is 18.3 Å². The van der Waals surface area contributed by atoms with Gasteiger partial charge in [0, 0.05) is 18.2 Å². The van der Waals surface area contributed by atoms with Gasteiger partial charge in [0.2, 0.25) is 0 Å². The van der Waals surface area contributed by atoms with E-state index >= 15 is 0 Å². The Morgan fingerprint density at radius 1 is 1.38 bits per heavy atom. The lowest BCUT2D eigenvalue weighted by Gasteiger charge is -2.13. The first kappa shape index (κ1) is 17.7. The molecule has 1 aliphatic rings. The highest BCUT2D eigenvalue weighted by atomic mass is 35.5. The van der Waals surface area contributed by atoms with Crippen LogP contribution in [0.5, 0.6) is 0 Å². The number of carbonyl (C=O) groups is 1. The maximum absolute atomic E-state index is 13.1. The molecule has 8 heteroatoms. The summed E-state index contributed by atoms with van der Waals surface area (Å²) in [5.41, 5.74) is 4.09. The molecule has 1 aliphatic carbocycles. The third-order valence-corrected chi connectivity index (χ3v) is 3.26. The van der Waals surface area contributed by atoms with Gasteiger partial charge in [0.1, 0.15) is 5.82 Å². The molecule has 21 heavy (non-hydrogen) atoms. The van der Waals surface area contributed by atoms with Crippen LogP contribution in [0.15, 0.2) is 18.2 Å². The van der Waals surface area contributed by atoms with E-state index in [1.165, 1.54) is 0 Å². The second-order valence-electron chi connectivity index (χ2n) is 4.90. The molecule has 0 bridgehead atoms. The van der Waals surface area contributed by atoms with Crippen molar-refractivity contribution in [1.82, 2.24) is 5.32 Å². The zero-order chi connectivity index (χ0) is 14.9. The van der Waals surface area contributed by atoms with E-state index in [1.54, 1.807) is 0 Å². The zero-order valence-corrected chi connectivity index (χ0v) is 11.7. The van der Waals surface area contributed by atoms with Crippen molar-refractivity contribution < 1.29 is 22.4 Å². The minimum Gasteiger partial charge on any atom is -0.350 e. The van der Waals surface area contributed by atoms with Gasteiger partial charge in [-0.2, -0.15) is 13.2 Å². The summed E-state index contributed by atoms with van der Waals surface area (Å²) in [6, 6.07) is 1.97. The Kier molecular flexibility index (Phi) is 5.58. The van der Waals surface area contributed by atoms with Gasteiger partial charge in [-0.15, -0.1) is 12.4 Å². The summed E-state index contributed by atoms with van der Waals surface area (Å²) < 4.78 is 50.7. The van der Waals surface area contributed by atoms with Crippen molar-refractivity contribution in [2.45, 2.75) is 25.1 Å². The first-order valence-electron chi connectivity index (χ1n) is 6.19. The van der Waals surface area contributed by atoms with Crippen molar-refractivity contribution in [3.05, 3.63) is 35.1 Å². The zero-order valence-electron chi connectivity index (χ0n) is 10.9. The van der Waals surface area contributed by atoms with E-state index in [0.717, 1.165) is 18.9 Å². The quantitative estimate of drug-likeness (QED) is 0.836. The SMILES string of the molecule is Cl.NC(CNC(=O)c1ccc(F)c(C(F)(F)F)c1)C1CC1. The van der Waals surface area contributed by atoms with E-state index in [-0.39, 0.29) is 30.6 Å². The molecule has 1 unspecified atom stereocenters. The molecule has 1 saturated carbocycles. The summed E-state index contributed by atoms with van der Waals surface area (Å²) in [6.45, 7) is 0.197. The Morgan fingerprint density at radius 3 is 2.52 bits per heavy atom. The standard InChI is InChI=1S/C13H14F4N2O.ClH/c14-10-4-3-8(5-9(10)13(15,16)17)12(20)19-6-11(18)7-1-2-7;/h3-5,7,11H,1-2,6,18H2,(H,19,20);1H. The van der Waals surface area contributed by atoms with Crippen LogP contribution in [0, 0.1) is 11.7 Å². The van der Waals surface area contributed by atoms with E-state index in [2.05, 4.69) is 5.32 Å². The minimum atomic E-state index is -4.83. The Morgan fingerprint density at radius 2 is 2.00 bits per heavy atom. The van der Waals surface area contributed by atoms with Gasteiger partial charge in [-0.1, -0.05) is 0 Å². The molecule has 0 spiro atoms. The van der Waals surface area contributed by atoms with Gasteiger partial charge in [-0.25, -0.2) is 4.39 Å². The Hall–Kier alpha value is -1.34. The number of halogens is 5. The fourth-order valence-corrected chi connectivity index (χ4v) is 1.89. The first-order chi connectivity index (χ1) is 9.29. The van der Waals surface area contributed by atoms with E-state index in [1.807, 2.05) is 0 Å². The van der Waals surface area contributed by atoms with Crippen LogP contribution in [0.2, 0.25) is 0 Å². The molecule has 1 fully saturated rings. The summed E-state index contributed by atoms with van der Waals surface area (Å²) in [7, 11) is 0. The maximum atomic E-state index is 13.1. The van der Waals surface area contributed by atoms with Crippen LogP contribution in [0.25, 0.3) is 0 Å². The fraction of sp³-hybridized carbons (Fsp3) is 0.462. The maximum Gasteiger partial charge on any atom is 0.419 e. The molecular weight excluding hydrogens is 312 g/mol. The number of hydrogen-bond acceptors (Lipinski definition) is 2. The summed E-state index contributed by atoms with van der Waals surface area (Å²) in [5.74, 6) is -1.72. The van der Waals surface area contributed by atoms with Crippen LogP contribution >= 0.6 is 12.4 Å². The average molecular weight is 327 g/mol. The second-order valence-corrected chi connectivity index (χ2v) is 4.90. The van der Waals surface area contributed by atoms with Crippen LogP contribution in [-0.2, 0) is 6.18 Å². The van der Waals surface area contributed by atoms with Gasteiger partial charge >= 0.3 is 6.18 Å². The van der Waals surface area contributed by atoms with Crippen molar-refractivity contribution in [2.75, 3.05) is 6.54 Å². The second kappa shape index (κ2) is 6.62. The van der Waals surface area contributed by atoms with Crippen LogP contribution < -0.4 is 11.1 Å². The van der Waals surface area contributed by atoms with E-state index < -0.39 is 23.5 Å². The van der Waals surface area contributed by atoms with Crippen molar-refractivity contribution in [2.24, 2.45) is 11.7 Å². The predicted octanol–water partition coefficient (Wildman–Crippen LogP) is 2.73. The number of benzene rings is 1. The monoisotopic (exact) mass is 326 g/mol. The van der Waals surface area contributed by atoms with Crippen LogP contribution in [0.3, 0.4) is 0 Å². The number of rotatable bonds is 4. The molecule has 0 radical (unpaired) electrons. The van der Waals surface area contributed by atoms with E-state index in [4.69, 9.17) is 5.73 Å². The van der Waals surface area contributed by atoms with Crippen molar-refractivity contribution in [3.63, 3.8) is 0 Å². The van der Waals surface area contributed by atoms with E-state index in [9.17, 15) is 22.4 Å². The third-order valence-electron chi connectivity index (χ3n) is 3.26. The van der Waals surface area contributed by atoms with Crippen molar-refractivity contribution in [1.29, 1.82) is 0 Å². The molecule has 1 atom stereocenters. The number of nitrogens with one attached hydrogen (secondary N) is 1. The molecule has 0 aromatic heterocycles. The highest BCUT2D eigenvalue weighted by molar-refractivity contribution is 5.94. The number of amides is 1. The minimum absolute atomic E-state index is 0. The molecule has 3 N–H and O–H groups in total. The molecule has 1 aromatic rings. The lowest BCUT2D eigenvalue weighted by atomic mass is 10.1. The first-order valence-corrected chi connectivity index (χ1v) is 6.19. The number of nitrogens with two attached hydrogens (primary N) is 1. The van der Waals surface area contributed by atoms with Gasteiger partial charge < -0.3 is 11.1 Å². The highest BCUT2D eigenvalue weighted by Crippen LogP contribution is 2.32. The molecule has 0 aliphatic heterocycles. The van der Waals surface area contributed by atoms with Gasteiger partial charge in [0.15, 0.2) is 0 Å². The summed E-state index contributed by atoms with van der Waals surface area (Å²) in [6.07, 6.45) is -2.82. The number of carbonyl (C=O) groups excluding carboxylic acids is 1. The highest BCUT2D eigenvalue weighted by Gasteiger charge is 2.35. The topological polar surface area (TPSA) is 55.1 Å². The third kappa shape index (κ3) is 4.57. The van der Waals surface area contributed by atoms with Crippen LogP contribution in [0.4, 0.5) is 17.6 Å². The average Bonchev–Trinajstić information content (AvgIpc) is 3.18. The summed E-state index contributed by atoms with van der Waals surface area (Å²) in [4.78, 5) is 11.7. The lowest BCUT2D eigenvalue weighted by Crippen LogP contribution is -2.38. The fourth-order valence-electron chi connectivity index (χ4n) is 1.89. The van der Waals surface area contributed by atoms with E-state index in [0.29, 0.717) is 18.1 Å². The predicted molar refractivity (Wildman–Crippen MR) is 71.7 cm³/mol. The largest absolute Gasteiger partial charge is 0.419 e. The van der Waals surface area contributed by atoms with Gasteiger partial charge in [0.25, 0.3) is 5.91 Å². The van der Waals surface area contributed by atoms with Gasteiger partial charge in [-0.3, -0.25) is 4.79 Å². The Labute approximate surface area is 125 Å². The van der Waals surface area contributed by atoms with Crippen molar-refractivity contribution in [3.8, 4) is 0 Å². The summed E-state index contributed by atoms with van der Waals surface area (Å²) >= 11 is 0. The molecule has 1 amide bonds. The molecule has 0 heterocycles. The molecule has 2 rings (SSSR count). The molecule has 0 saturated heterocycles. The smallest absolute Gasteiger partial charge is 0.350 e.